The van der Waals surface area contributed by atoms with Crippen molar-refractivity contribution in [1.29, 1.82) is 0 Å². The molecule has 78 valence electrons. The maximum Gasteiger partial charge on any atom is 0.0456 e. The van der Waals surface area contributed by atoms with Crippen molar-refractivity contribution >= 4 is 11.8 Å². The molecule has 14 heavy (non-hydrogen) atoms. The van der Waals surface area contributed by atoms with E-state index in [9.17, 15) is 0 Å². The summed E-state index contributed by atoms with van der Waals surface area (Å²) >= 11 is 2.07. The van der Waals surface area contributed by atoms with Gasteiger partial charge in [-0.15, -0.1) is 11.8 Å². The highest BCUT2D eigenvalue weighted by molar-refractivity contribution is 8.00. The second kappa shape index (κ2) is 3.74. The zero-order chi connectivity index (χ0) is 10.2. The Morgan fingerprint density at radius 2 is 2.21 bits per heavy atom. The Hall–Kier alpha value is -0.210. The molecular formula is C12H19NS. The predicted octanol–water partition coefficient (Wildman–Crippen LogP) is 2.60. The molecule has 0 aromatic carbocycles. The van der Waals surface area contributed by atoms with Gasteiger partial charge in [-0.25, -0.2) is 0 Å². The highest BCUT2D eigenvalue weighted by Crippen LogP contribution is 2.32. The van der Waals surface area contributed by atoms with Gasteiger partial charge < -0.3 is 5.32 Å². The number of hydrogen-bond acceptors (Lipinski definition) is 2. The van der Waals surface area contributed by atoms with Gasteiger partial charge in [-0.05, 0) is 11.0 Å². The van der Waals surface area contributed by atoms with Crippen LogP contribution in [-0.2, 0) is 0 Å². The quantitative estimate of drug-likeness (QED) is 0.658. The van der Waals surface area contributed by atoms with Crippen molar-refractivity contribution in [2.45, 2.75) is 32.1 Å². The molecule has 1 heterocycles. The van der Waals surface area contributed by atoms with Crippen LogP contribution < -0.4 is 5.32 Å². The number of allylic oxidation sites excluding steroid dienone is 2. The monoisotopic (exact) mass is 209 g/mol. The first-order chi connectivity index (χ1) is 6.57. The molecule has 1 N–H and O–H groups in total. The van der Waals surface area contributed by atoms with E-state index in [4.69, 9.17) is 0 Å². The minimum Gasteiger partial charge on any atom is -0.309 e. The Morgan fingerprint density at radius 3 is 2.93 bits per heavy atom. The van der Waals surface area contributed by atoms with E-state index < -0.39 is 0 Å². The number of rotatable bonds is 0. The van der Waals surface area contributed by atoms with E-state index in [0.29, 0.717) is 16.7 Å². The fraction of sp³-hybridized carbons (Fsp3) is 0.667. The zero-order valence-corrected chi connectivity index (χ0v) is 10.0. The summed E-state index contributed by atoms with van der Waals surface area (Å²) in [6.45, 7) is 8.01. The lowest BCUT2D eigenvalue weighted by Crippen LogP contribution is -2.41. The van der Waals surface area contributed by atoms with Crippen molar-refractivity contribution in [2.75, 3.05) is 12.3 Å². The number of thioether (sulfide) groups is 1. The van der Waals surface area contributed by atoms with Gasteiger partial charge in [0.1, 0.15) is 0 Å². The molecule has 2 rings (SSSR count). The normalized spacial score (nSPS) is 32.4. The molecule has 0 spiro atoms. The lowest BCUT2D eigenvalue weighted by atomic mass is 9.88. The van der Waals surface area contributed by atoms with Crippen LogP contribution >= 0.6 is 11.8 Å². The van der Waals surface area contributed by atoms with E-state index in [1.165, 1.54) is 5.75 Å². The van der Waals surface area contributed by atoms with Crippen molar-refractivity contribution < 1.29 is 0 Å². The summed E-state index contributed by atoms with van der Waals surface area (Å²) < 4.78 is 0. The maximum atomic E-state index is 3.66. The third kappa shape index (κ3) is 2.06. The second-order valence-corrected chi connectivity index (χ2v) is 6.35. The maximum absolute atomic E-state index is 3.66. The van der Waals surface area contributed by atoms with Crippen LogP contribution in [0, 0.1) is 5.41 Å². The van der Waals surface area contributed by atoms with Crippen LogP contribution in [0.4, 0.5) is 0 Å². The zero-order valence-electron chi connectivity index (χ0n) is 9.21. The first-order valence-corrected chi connectivity index (χ1v) is 6.34. The van der Waals surface area contributed by atoms with Crippen LogP contribution in [-0.4, -0.2) is 23.6 Å². The SMILES string of the molecule is CC(C)(C)[C@H]1CSC2C=CC=C2CN1. The van der Waals surface area contributed by atoms with E-state index in [1.54, 1.807) is 5.57 Å². The molecule has 0 aromatic heterocycles. The Morgan fingerprint density at radius 1 is 1.43 bits per heavy atom. The molecule has 0 saturated carbocycles. The van der Waals surface area contributed by atoms with Crippen LogP contribution in [0.25, 0.3) is 0 Å². The lowest BCUT2D eigenvalue weighted by Gasteiger charge is -2.30. The fourth-order valence-corrected chi connectivity index (χ4v) is 3.47. The molecular weight excluding hydrogens is 190 g/mol. The van der Waals surface area contributed by atoms with E-state index >= 15 is 0 Å². The summed E-state index contributed by atoms with van der Waals surface area (Å²) in [7, 11) is 0. The van der Waals surface area contributed by atoms with Crippen LogP contribution in [0.3, 0.4) is 0 Å². The Balaban J connectivity index is 2.04. The average molecular weight is 209 g/mol. The van der Waals surface area contributed by atoms with Gasteiger partial charge in [0, 0.05) is 23.6 Å². The van der Waals surface area contributed by atoms with E-state index in [0.717, 1.165) is 6.54 Å². The molecule has 2 heteroatoms. The third-order valence-corrected chi connectivity index (χ3v) is 4.35. The van der Waals surface area contributed by atoms with Gasteiger partial charge >= 0.3 is 0 Å². The van der Waals surface area contributed by atoms with Gasteiger partial charge in [0.15, 0.2) is 0 Å². The Kier molecular flexibility index (Phi) is 2.76. The predicted molar refractivity (Wildman–Crippen MR) is 64.7 cm³/mol. The molecule has 0 amide bonds. The van der Waals surface area contributed by atoms with Gasteiger partial charge in [-0.2, -0.15) is 0 Å². The molecule has 0 radical (unpaired) electrons. The molecule has 0 aromatic rings. The largest absolute Gasteiger partial charge is 0.309 e. The lowest BCUT2D eigenvalue weighted by molar-refractivity contribution is 0.299. The van der Waals surface area contributed by atoms with Crippen molar-refractivity contribution in [1.82, 2.24) is 5.32 Å². The molecule has 1 saturated heterocycles. The highest BCUT2D eigenvalue weighted by Gasteiger charge is 2.29. The summed E-state index contributed by atoms with van der Waals surface area (Å²) in [5.74, 6) is 1.22. The number of fused-ring (bicyclic) bond motifs is 1. The Bertz CT molecular complexity index is 273. The summed E-state index contributed by atoms with van der Waals surface area (Å²) in [6.07, 6.45) is 6.76. The first kappa shape index (κ1) is 10.3. The fourth-order valence-electron chi connectivity index (χ4n) is 1.88. The minimum absolute atomic E-state index is 0.371. The minimum atomic E-state index is 0.371. The standard InChI is InChI=1S/C12H19NS/c1-12(2,3)11-8-14-10-6-4-5-9(10)7-13-11/h4-6,10-11,13H,7-8H2,1-3H3/t10?,11-/m1/s1. The summed E-state index contributed by atoms with van der Waals surface area (Å²) in [5.41, 5.74) is 1.91. The van der Waals surface area contributed by atoms with Crippen molar-refractivity contribution in [3.05, 3.63) is 23.8 Å². The molecule has 1 aliphatic carbocycles. The molecule has 1 fully saturated rings. The van der Waals surface area contributed by atoms with Crippen molar-refractivity contribution in [3.8, 4) is 0 Å². The van der Waals surface area contributed by atoms with Gasteiger partial charge in [0.25, 0.3) is 0 Å². The molecule has 2 atom stereocenters. The third-order valence-electron chi connectivity index (χ3n) is 3.00. The van der Waals surface area contributed by atoms with Gasteiger partial charge in [0.05, 0.1) is 0 Å². The van der Waals surface area contributed by atoms with Gasteiger partial charge in [-0.3, -0.25) is 0 Å². The molecule has 2 aliphatic rings. The van der Waals surface area contributed by atoms with E-state index in [1.807, 2.05) is 0 Å². The molecule has 0 bridgehead atoms. The number of nitrogens with one attached hydrogen (secondary N) is 1. The summed E-state index contributed by atoms with van der Waals surface area (Å²) in [6, 6.07) is 0.632. The second-order valence-electron chi connectivity index (χ2n) is 5.18. The van der Waals surface area contributed by atoms with Gasteiger partial charge in [0.2, 0.25) is 0 Å². The summed E-state index contributed by atoms with van der Waals surface area (Å²) in [4.78, 5) is 0. The van der Waals surface area contributed by atoms with Crippen LogP contribution in [0.2, 0.25) is 0 Å². The average Bonchev–Trinajstić information content (AvgIpc) is 2.42. The number of hydrogen-bond donors (Lipinski definition) is 1. The smallest absolute Gasteiger partial charge is 0.0456 e. The van der Waals surface area contributed by atoms with E-state index in [-0.39, 0.29) is 0 Å². The highest BCUT2D eigenvalue weighted by atomic mass is 32.2. The van der Waals surface area contributed by atoms with Crippen molar-refractivity contribution in [2.24, 2.45) is 5.41 Å². The van der Waals surface area contributed by atoms with E-state index in [2.05, 4.69) is 56.1 Å². The van der Waals surface area contributed by atoms with Crippen LogP contribution in [0.5, 0.6) is 0 Å². The van der Waals surface area contributed by atoms with Crippen LogP contribution in [0.1, 0.15) is 20.8 Å². The van der Waals surface area contributed by atoms with Crippen molar-refractivity contribution in [3.63, 3.8) is 0 Å². The topological polar surface area (TPSA) is 12.0 Å². The Labute approximate surface area is 91.0 Å². The van der Waals surface area contributed by atoms with Gasteiger partial charge in [-0.1, -0.05) is 39.0 Å². The first-order valence-electron chi connectivity index (χ1n) is 5.29. The summed E-state index contributed by atoms with van der Waals surface area (Å²) in [5, 5.41) is 4.31. The molecule has 1 aliphatic heterocycles. The molecule has 1 nitrogen and oxygen atoms in total. The van der Waals surface area contributed by atoms with Crippen LogP contribution in [0.15, 0.2) is 23.8 Å². The molecule has 1 unspecified atom stereocenters.